The monoisotopic (exact) mass is 396 g/mol. The lowest BCUT2D eigenvalue weighted by atomic mass is 10.2. The molecule has 1 N–H and O–H groups in total. The van der Waals surface area contributed by atoms with Crippen molar-refractivity contribution in [2.24, 2.45) is 0 Å². The van der Waals surface area contributed by atoms with E-state index < -0.39 is 15.7 Å². The Hall–Kier alpha value is -3.53. The zero-order valence-electron chi connectivity index (χ0n) is 14.8. The van der Waals surface area contributed by atoms with E-state index in [0.717, 1.165) is 11.8 Å². The smallest absolute Gasteiger partial charge is 0.272 e. The van der Waals surface area contributed by atoms with Crippen LogP contribution in [0.25, 0.3) is 11.3 Å². The highest BCUT2D eigenvalue weighted by Gasteiger charge is 2.22. The molecule has 0 atom stereocenters. The maximum atomic E-state index is 12.6. The van der Waals surface area contributed by atoms with Crippen LogP contribution < -0.4 is 5.32 Å². The summed E-state index contributed by atoms with van der Waals surface area (Å²) in [6.45, 7) is 0.232. The third-order valence-corrected chi connectivity index (χ3v) is 5.05. The van der Waals surface area contributed by atoms with Gasteiger partial charge in [-0.05, 0) is 23.8 Å². The Bertz CT molecular complexity index is 1240. The van der Waals surface area contributed by atoms with Gasteiger partial charge in [0, 0.05) is 37.6 Å². The molecule has 0 aliphatic rings. The average Bonchev–Trinajstić information content (AvgIpc) is 3.34. The molecule has 4 heterocycles. The molecule has 0 bridgehead atoms. The predicted octanol–water partition coefficient (Wildman–Crippen LogP) is 1.25. The van der Waals surface area contributed by atoms with Gasteiger partial charge in [-0.25, -0.2) is 23.4 Å². The van der Waals surface area contributed by atoms with Crippen molar-refractivity contribution in [2.75, 3.05) is 6.26 Å². The van der Waals surface area contributed by atoms with Crippen molar-refractivity contribution >= 4 is 21.3 Å². The largest absolute Gasteiger partial charge is 0.346 e. The fourth-order valence-corrected chi connectivity index (χ4v) is 3.55. The summed E-state index contributed by atoms with van der Waals surface area (Å²) >= 11 is 0. The van der Waals surface area contributed by atoms with Gasteiger partial charge in [-0.15, -0.1) is 0 Å². The van der Waals surface area contributed by atoms with E-state index in [9.17, 15) is 13.2 Å². The van der Waals surface area contributed by atoms with Gasteiger partial charge < -0.3 is 5.32 Å². The minimum Gasteiger partial charge on any atom is -0.346 e. The first-order valence-electron chi connectivity index (χ1n) is 8.32. The number of imidazole rings is 2. The van der Waals surface area contributed by atoms with Crippen LogP contribution in [0.5, 0.6) is 0 Å². The molecule has 0 aliphatic heterocycles. The maximum Gasteiger partial charge on any atom is 0.272 e. The fourth-order valence-electron chi connectivity index (χ4n) is 2.77. The first-order chi connectivity index (χ1) is 13.4. The first kappa shape index (κ1) is 17.9. The van der Waals surface area contributed by atoms with Crippen molar-refractivity contribution in [3.63, 3.8) is 0 Å². The maximum absolute atomic E-state index is 12.6. The van der Waals surface area contributed by atoms with Gasteiger partial charge in [0.25, 0.3) is 5.91 Å². The Balaban J connectivity index is 1.55. The molecule has 0 radical (unpaired) electrons. The number of pyridine rings is 2. The van der Waals surface area contributed by atoms with Crippen LogP contribution in [-0.2, 0) is 16.4 Å². The molecule has 0 spiro atoms. The van der Waals surface area contributed by atoms with E-state index in [1.165, 1.54) is 4.40 Å². The third kappa shape index (κ3) is 3.37. The highest BCUT2D eigenvalue weighted by atomic mass is 32.2. The molecule has 0 saturated carbocycles. The minimum atomic E-state index is -3.58. The Morgan fingerprint density at radius 1 is 1.18 bits per heavy atom. The van der Waals surface area contributed by atoms with Gasteiger partial charge in [0.05, 0.1) is 5.52 Å². The van der Waals surface area contributed by atoms with Crippen molar-refractivity contribution in [3.05, 3.63) is 72.7 Å². The molecule has 1 amide bonds. The van der Waals surface area contributed by atoms with Gasteiger partial charge in [-0.1, -0.05) is 12.1 Å². The van der Waals surface area contributed by atoms with Gasteiger partial charge in [-0.3, -0.25) is 13.8 Å². The molecular weight excluding hydrogens is 380 g/mol. The summed E-state index contributed by atoms with van der Waals surface area (Å²) in [6, 6.07) is 8.71. The van der Waals surface area contributed by atoms with E-state index in [1.54, 1.807) is 53.9 Å². The Morgan fingerprint density at radius 2 is 2.04 bits per heavy atom. The standard InChI is InChI=1S/C18H16N6O3S/c1-28(26,27)18-22-16(14-4-2-3-8-24(14)18)17(25)21-11-13-5-6-15(20-10-13)23-9-7-19-12-23/h2-10,12H,11H2,1H3,(H,21,25). The summed E-state index contributed by atoms with van der Waals surface area (Å²) in [5.74, 6) is 0.253. The number of sulfone groups is 1. The zero-order chi connectivity index (χ0) is 19.7. The molecule has 0 aromatic carbocycles. The quantitative estimate of drug-likeness (QED) is 0.543. The number of carbonyl (C=O) groups excluding carboxylic acids is 1. The van der Waals surface area contributed by atoms with Crippen LogP contribution in [-0.4, -0.2) is 44.5 Å². The number of hydrogen-bond acceptors (Lipinski definition) is 6. The second-order valence-corrected chi connectivity index (χ2v) is 8.06. The summed E-state index contributed by atoms with van der Waals surface area (Å²) in [4.78, 5) is 25.0. The van der Waals surface area contributed by atoms with Crippen molar-refractivity contribution in [2.45, 2.75) is 11.7 Å². The third-order valence-electron chi connectivity index (χ3n) is 4.09. The summed E-state index contributed by atoms with van der Waals surface area (Å²) in [7, 11) is -3.58. The predicted molar refractivity (Wildman–Crippen MR) is 101 cm³/mol. The van der Waals surface area contributed by atoms with E-state index in [4.69, 9.17) is 0 Å². The zero-order valence-corrected chi connectivity index (χ0v) is 15.7. The molecule has 4 aromatic rings. The van der Waals surface area contributed by atoms with E-state index in [-0.39, 0.29) is 17.4 Å². The second kappa shape index (κ2) is 6.89. The minimum absolute atomic E-state index is 0.0593. The van der Waals surface area contributed by atoms with E-state index >= 15 is 0 Å². The Labute approximate surface area is 160 Å². The second-order valence-electron chi connectivity index (χ2n) is 6.15. The van der Waals surface area contributed by atoms with Gasteiger partial charge >= 0.3 is 0 Å². The van der Waals surface area contributed by atoms with E-state index in [0.29, 0.717) is 11.3 Å². The highest BCUT2D eigenvalue weighted by molar-refractivity contribution is 7.90. The van der Waals surface area contributed by atoms with Crippen LogP contribution in [0.4, 0.5) is 0 Å². The first-order valence-corrected chi connectivity index (χ1v) is 10.2. The number of nitrogens with one attached hydrogen (secondary N) is 1. The van der Waals surface area contributed by atoms with Crippen molar-refractivity contribution < 1.29 is 13.2 Å². The van der Waals surface area contributed by atoms with Gasteiger partial charge in [0.1, 0.15) is 12.1 Å². The Morgan fingerprint density at radius 3 is 2.71 bits per heavy atom. The van der Waals surface area contributed by atoms with Crippen LogP contribution in [0.3, 0.4) is 0 Å². The Kier molecular flexibility index (Phi) is 4.40. The molecule has 28 heavy (non-hydrogen) atoms. The number of nitrogens with zero attached hydrogens (tertiary/aromatic N) is 5. The molecular formula is C18H16N6O3S. The van der Waals surface area contributed by atoms with E-state index in [1.807, 2.05) is 12.1 Å². The average molecular weight is 396 g/mol. The summed E-state index contributed by atoms with van der Waals surface area (Å²) in [5.41, 5.74) is 1.28. The SMILES string of the molecule is CS(=O)(=O)c1nc(C(=O)NCc2ccc(-n3ccnc3)nc2)c2ccccn12. The number of aromatic nitrogens is 5. The van der Waals surface area contributed by atoms with Crippen LogP contribution in [0.1, 0.15) is 16.1 Å². The lowest BCUT2D eigenvalue weighted by Gasteiger charge is -2.05. The summed E-state index contributed by atoms with van der Waals surface area (Å²) < 4.78 is 27.1. The lowest BCUT2D eigenvalue weighted by Crippen LogP contribution is -2.23. The topological polar surface area (TPSA) is 111 Å². The number of fused-ring (bicyclic) bond motifs is 1. The number of amides is 1. The van der Waals surface area contributed by atoms with Crippen LogP contribution in [0.15, 0.2) is 66.6 Å². The van der Waals surface area contributed by atoms with Crippen molar-refractivity contribution in [3.8, 4) is 5.82 Å². The molecule has 0 saturated heterocycles. The lowest BCUT2D eigenvalue weighted by molar-refractivity contribution is 0.0947. The van der Waals surface area contributed by atoms with Crippen LogP contribution in [0, 0.1) is 0 Å². The van der Waals surface area contributed by atoms with Crippen LogP contribution in [0.2, 0.25) is 0 Å². The molecule has 0 fully saturated rings. The number of carbonyl (C=O) groups is 1. The molecule has 0 aliphatic carbocycles. The number of hydrogen-bond donors (Lipinski definition) is 1. The summed E-state index contributed by atoms with van der Waals surface area (Å²) in [6.07, 6.45) is 9.37. The highest BCUT2D eigenvalue weighted by Crippen LogP contribution is 2.17. The van der Waals surface area contributed by atoms with Gasteiger partial charge in [0.15, 0.2) is 5.69 Å². The molecule has 0 unspecified atom stereocenters. The molecule has 9 nitrogen and oxygen atoms in total. The molecule has 4 rings (SSSR count). The van der Waals surface area contributed by atoms with Crippen LogP contribution >= 0.6 is 0 Å². The molecule has 10 heteroatoms. The van der Waals surface area contributed by atoms with Gasteiger partial charge in [-0.2, -0.15) is 0 Å². The molecule has 4 aromatic heterocycles. The van der Waals surface area contributed by atoms with Gasteiger partial charge in [0.2, 0.25) is 15.0 Å². The summed E-state index contributed by atoms with van der Waals surface area (Å²) in [5, 5.41) is 2.59. The number of rotatable bonds is 5. The normalized spacial score (nSPS) is 11.6. The van der Waals surface area contributed by atoms with E-state index in [2.05, 4.69) is 20.3 Å². The van der Waals surface area contributed by atoms with Crippen molar-refractivity contribution in [1.82, 2.24) is 29.2 Å². The molecule has 142 valence electrons. The fraction of sp³-hybridized carbons (Fsp3) is 0.111. The van der Waals surface area contributed by atoms with Crippen molar-refractivity contribution in [1.29, 1.82) is 0 Å².